The average Bonchev–Trinajstić information content (AvgIpc) is 2.80. The maximum Gasteiger partial charge on any atom is 0.0479 e. The second-order valence-corrected chi connectivity index (χ2v) is 5.46. The lowest BCUT2D eigenvalue weighted by atomic mass is 10.0. The van der Waals surface area contributed by atoms with Crippen molar-refractivity contribution in [2.75, 3.05) is 26.2 Å². The molecule has 2 heterocycles. The zero-order chi connectivity index (χ0) is 11.4. The van der Waals surface area contributed by atoms with E-state index in [2.05, 4.69) is 41.2 Å². The summed E-state index contributed by atoms with van der Waals surface area (Å²) >= 11 is 1.86. The molecule has 1 atom stereocenters. The SMILES string of the molecule is C=C(C)C[C@@H](c1cccs1)N1CCNCC1. The number of hydrogen-bond donors (Lipinski definition) is 1. The molecule has 1 fully saturated rings. The average molecular weight is 236 g/mol. The minimum atomic E-state index is 0.541. The first-order valence-electron chi connectivity index (χ1n) is 5.90. The highest BCUT2D eigenvalue weighted by atomic mass is 32.1. The predicted molar refractivity (Wildman–Crippen MR) is 70.9 cm³/mol. The quantitative estimate of drug-likeness (QED) is 0.809. The van der Waals surface area contributed by atoms with E-state index in [1.165, 1.54) is 10.5 Å². The van der Waals surface area contributed by atoms with E-state index in [-0.39, 0.29) is 0 Å². The van der Waals surface area contributed by atoms with Crippen LogP contribution in [0.15, 0.2) is 29.7 Å². The van der Waals surface area contributed by atoms with E-state index in [0.717, 1.165) is 32.6 Å². The minimum Gasteiger partial charge on any atom is -0.314 e. The van der Waals surface area contributed by atoms with Crippen molar-refractivity contribution >= 4 is 11.3 Å². The fourth-order valence-electron chi connectivity index (χ4n) is 2.21. The molecule has 2 nitrogen and oxygen atoms in total. The fourth-order valence-corrected chi connectivity index (χ4v) is 3.08. The highest BCUT2D eigenvalue weighted by Gasteiger charge is 2.22. The molecule has 0 amide bonds. The molecule has 0 bridgehead atoms. The van der Waals surface area contributed by atoms with Crippen LogP contribution in [0.3, 0.4) is 0 Å². The van der Waals surface area contributed by atoms with Crippen LogP contribution in [0, 0.1) is 0 Å². The summed E-state index contributed by atoms with van der Waals surface area (Å²) < 4.78 is 0. The zero-order valence-corrected chi connectivity index (χ0v) is 10.7. The molecular weight excluding hydrogens is 216 g/mol. The summed E-state index contributed by atoms with van der Waals surface area (Å²) in [5.74, 6) is 0. The largest absolute Gasteiger partial charge is 0.314 e. The van der Waals surface area contributed by atoms with E-state index in [9.17, 15) is 0 Å². The summed E-state index contributed by atoms with van der Waals surface area (Å²) in [5, 5.41) is 5.58. The molecule has 1 aromatic rings. The van der Waals surface area contributed by atoms with Gasteiger partial charge in [0.15, 0.2) is 0 Å². The molecule has 0 saturated carbocycles. The van der Waals surface area contributed by atoms with Gasteiger partial charge in [0.25, 0.3) is 0 Å². The molecule has 0 unspecified atom stereocenters. The Hall–Kier alpha value is -0.640. The second-order valence-electron chi connectivity index (χ2n) is 4.48. The highest BCUT2D eigenvalue weighted by molar-refractivity contribution is 7.10. The van der Waals surface area contributed by atoms with Crippen LogP contribution in [0.2, 0.25) is 0 Å². The van der Waals surface area contributed by atoms with Crippen LogP contribution in [0.4, 0.5) is 0 Å². The van der Waals surface area contributed by atoms with E-state index < -0.39 is 0 Å². The van der Waals surface area contributed by atoms with Crippen molar-refractivity contribution in [2.24, 2.45) is 0 Å². The summed E-state index contributed by atoms with van der Waals surface area (Å²) in [5.41, 5.74) is 1.27. The Morgan fingerprint density at radius 1 is 1.56 bits per heavy atom. The number of piperazine rings is 1. The van der Waals surface area contributed by atoms with Crippen molar-refractivity contribution in [3.8, 4) is 0 Å². The van der Waals surface area contributed by atoms with Crippen molar-refractivity contribution in [1.82, 2.24) is 10.2 Å². The van der Waals surface area contributed by atoms with Crippen LogP contribution in [-0.4, -0.2) is 31.1 Å². The smallest absolute Gasteiger partial charge is 0.0479 e. The van der Waals surface area contributed by atoms with E-state index in [1.54, 1.807) is 0 Å². The van der Waals surface area contributed by atoms with Crippen LogP contribution in [0.5, 0.6) is 0 Å². The Balaban J connectivity index is 2.10. The van der Waals surface area contributed by atoms with Gasteiger partial charge in [-0.1, -0.05) is 11.6 Å². The second kappa shape index (κ2) is 5.62. The van der Waals surface area contributed by atoms with E-state index >= 15 is 0 Å². The first-order valence-corrected chi connectivity index (χ1v) is 6.78. The Morgan fingerprint density at radius 2 is 2.31 bits per heavy atom. The number of thiophene rings is 1. The number of hydrogen-bond acceptors (Lipinski definition) is 3. The van der Waals surface area contributed by atoms with E-state index in [0.29, 0.717) is 6.04 Å². The van der Waals surface area contributed by atoms with Gasteiger partial charge in [0.2, 0.25) is 0 Å². The van der Waals surface area contributed by atoms with Crippen LogP contribution in [0.1, 0.15) is 24.3 Å². The Kier molecular flexibility index (Phi) is 4.16. The molecule has 1 aromatic heterocycles. The first-order chi connectivity index (χ1) is 7.77. The first kappa shape index (κ1) is 11.8. The molecule has 1 N–H and O–H groups in total. The van der Waals surface area contributed by atoms with Crippen molar-refractivity contribution in [3.05, 3.63) is 34.5 Å². The topological polar surface area (TPSA) is 15.3 Å². The van der Waals surface area contributed by atoms with E-state index in [4.69, 9.17) is 0 Å². The number of nitrogens with one attached hydrogen (secondary N) is 1. The Labute approximate surface area is 102 Å². The van der Waals surface area contributed by atoms with Gasteiger partial charge in [0.1, 0.15) is 0 Å². The molecule has 2 rings (SSSR count). The third-order valence-electron chi connectivity index (χ3n) is 3.01. The van der Waals surface area contributed by atoms with Crippen LogP contribution >= 0.6 is 11.3 Å². The molecule has 16 heavy (non-hydrogen) atoms. The van der Waals surface area contributed by atoms with Crippen LogP contribution in [0.25, 0.3) is 0 Å². The van der Waals surface area contributed by atoms with Gasteiger partial charge in [-0.25, -0.2) is 0 Å². The van der Waals surface area contributed by atoms with Gasteiger partial charge in [0.05, 0.1) is 0 Å². The molecule has 1 aliphatic heterocycles. The van der Waals surface area contributed by atoms with E-state index in [1.807, 2.05) is 11.3 Å². The lowest BCUT2D eigenvalue weighted by molar-refractivity contribution is 0.175. The summed E-state index contributed by atoms with van der Waals surface area (Å²) in [4.78, 5) is 4.06. The molecule has 1 saturated heterocycles. The van der Waals surface area contributed by atoms with Gasteiger partial charge >= 0.3 is 0 Å². The predicted octanol–water partition coefficient (Wildman–Crippen LogP) is 2.66. The number of rotatable bonds is 4. The zero-order valence-electron chi connectivity index (χ0n) is 9.91. The van der Waals surface area contributed by atoms with Crippen LogP contribution < -0.4 is 5.32 Å². The standard InChI is InChI=1S/C13H20N2S/c1-11(2)10-12(13-4-3-9-16-13)15-7-5-14-6-8-15/h3-4,9,12,14H,1,5-8,10H2,2H3/t12-/m0/s1. The summed E-state index contributed by atoms with van der Waals surface area (Å²) in [6.07, 6.45) is 1.08. The van der Waals surface area contributed by atoms with Gasteiger partial charge in [-0.3, -0.25) is 4.90 Å². The van der Waals surface area contributed by atoms with Gasteiger partial charge in [0, 0.05) is 37.1 Å². The van der Waals surface area contributed by atoms with Crippen molar-refractivity contribution in [1.29, 1.82) is 0 Å². The van der Waals surface area contributed by atoms with Gasteiger partial charge in [-0.15, -0.1) is 17.9 Å². The van der Waals surface area contributed by atoms with Gasteiger partial charge in [-0.05, 0) is 24.8 Å². The maximum atomic E-state index is 4.06. The lowest BCUT2D eigenvalue weighted by Crippen LogP contribution is -2.45. The fraction of sp³-hybridized carbons (Fsp3) is 0.538. The molecule has 1 aliphatic rings. The third kappa shape index (κ3) is 2.94. The molecule has 0 spiro atoms. The molecule has 0 aromatic carbocycles. The molecule has 0 aliphatic carbocycles. The lowest BCUT2D eigenvalue weighted by Gasteiger charge is -2.34. The van der Waals surface area contributed by atoms with Gasteiger partial charge in [-0.2, -0.15) is 0 Å². The number of nitrogens with zero attached hydrogens (tertiary/aromatic N) is 1. The Bertz CT molecular complexity index is 326. The third-order valence-corrected chi connectivity index (χ3v) is 3.98. The summed E-state index contributed by atoms with van der Waals surface area (Å²) in [7, 11) is 0. The molecular formula is C13H20N2S. The summed E-state index contributed by atoms with van der Waals surface area (Å²) in [6, 6.07) is 4.94. The van der Waals surface area contributed by atoms with Crippen molar-refractivity contribution in [2.45, 2.75) is 19.4 Å². The summed E-state index contributed by atoms with van der Waals surface area (Å²) in [6.45, 7) is 10.7. The monoisotopic (exact) mass is 236 g/mol. The van der Waals surface area contributed by atoms with Crippen molar-refractivity contribution < 1.29 is 0 Å². The van der Waals surface area contributed by atoms with Gasteiger partial charge < -0.3 is 5.32 Å². The molecule has 0 radical (unpaired) electrons. The minimum absolute atomic E-state index is 0.541. The Morgan fingerprint density at radius 3 is 2.88 bits per heavy atom. The molecule has 88 valence electrons. The highest BCUT2D eigenvalue weighted by Crippen LogP contribution is 2.30. The molecule has 3 heteroatoms. The van der Waals surface area contributed by atoms with Crippen LogP contribution in [-0.2, 0) is 0 Å². The maximum absolute atomic E-state index is 4.06. The van der Waals surface area contributed by atoms with Crippen molar-refractivity contribution in [3.63, 3.8) is 0 Å². The normalized spacial score (nSPS) is 19.6.